The first-order valence-corrected chi connectivity index (χ1v) is 8.84. The highest BCUT2D eigenvalue weighted by atomic mass is 35.5. The van der Waals surface area contributed by atoms with E-state index in [1.807, 2.05) is 30.3 Å². The average molecular weight is 373 g/mol. The molecule has 0 saturated carbocycles. The third kappa shape index (κ3) is 4.17. The van der Waals surface area contributed by atoms with E-state index in [4.69, 9.17) is 21.1 Å². The van der Waals surface area contributed by atoms with E-state index < -0.39 is 6.09 Å². The fraction of sp³-hybridized carbons (Fsp3) is 0.300. The second kappa shape index (κ2) is 7.38. The van der Waals surface area contributed by atoms with Crippen LogP contribution in [0.5, 0.6) is 5.75 Å². The Balaban J connectivity index is 1.97. The van der Waals surface area contributed by atoms with Crippen molar-refractivity contribution in [3.8, 4) is 5.75 Å². The van der Waals surface area contributed by atoms with Crippen molar-refractivity contribution in [3.63, 3.8) is 0 Å². The molecular formula is C20H21ClN2O3. The Bertz CT molecular complexity index is 845. The lowest BCUT2D eigenvalue weighted by Gasteiger charge is -2.16. The van der Waals surface area contributed by atoms with Gasteiger partial charge in [0.05, 0.1) is 12.3 Å². The summed E-state index contributed by atoms with van der Waals surface area (Å²) >= 11 is 5.99. The molecule has 3 rings (SSSR count). The summed E-state index contributed by atoms with van der Waals surface area (Å²) in [5.74, 6) is 0.882. The number of carbonyl (C=O) groups excluding carboxylic acids is 1. The summed E-state index contributed by atoms with van der Waals surface area (Å²) < 4.78 is 10.8. The number of carbonyl (C=O) groups is 1. The van der Waals surface area contributed by atoms with Crippen LogP contribution in [0.3, 0.4) is 0 Å². The molecular weight excluding hydrogens is 352 g/mol. The zero-order chi connectivity index (χ0) is 18.7. The Morgan fingerprint density at radius 1 is 1.23 bits per heavy atom. The van der Waals surface area contributed by atoms with Crippen molar-refractivity contribution in [1.82, 2.24) is 5.43 Å². The van der Waals surface area contributed by atoms with Crippen LogP contribution in [-0.2, 0) is 11.2 Å². The molecule has 26 heavy (non-hydrogen) atoms. The van der Waals surface area contributed by atoms with Gasteiger partial charge in [0.2, 0.25) is 0 Å². The summed E-state index contributed by atoms with van der Waals surface area (Å²) in [5.41, 5.74) is 5.68. The van der Waals surface area contributed by atoms with E-state index in [2.05, 4.69) is 24.4 Å². The van der Waals surface area contributed by atoms with Crippen molar-refractivity contribution in [1.29, 1.82) is 0 Å². The number of hydrogen-bond acceptors (Lipinski definition) is 4. The molecule has 0 atom stereocenters. The average Bonchev–Trinajstić information content (AvgIpc) is 2.90. The summed E-state index contributed by atoms with van der Waals surface area (Å²) in [6, 6.07) is 13.2. The van der Waals surface area contributed by atoms with E-state index >= 15 is 0 Å². The van der Waals surface area contributed by atoms with E-state index in [9.17, 15) is 4.79 Å². The van der Waals surface area contributed by atoms with Gasteiger partial charge in [0.1, 0.15) is 11.4 Å². The largest absolute Gasteiger partial charge is 0.487 e. The first kappa shape index (κ1) is 18.3. The van der Waals surface area contributed by atoms with Crippen molar-refractivity contribution in [3.05, 3.63) is 64.2 Å². The number of amides is 1. The number of hydrazone groups is 1. The molecule has 0 radical (unpaired) electrons. The molecule has 0 aromatic heterocycles. The lowest BCUT2D eigenvalue weighted by molar-refractivity contribution is 0.138. The van der Waals surface area contributed by atoms with Crippen LogP contribution >= 0.6 is 11.6 Å². The maximum absolute atomic E-state index is 11.7. The third-order valence-electron chi connectivity index (χ3n) is 3.99. The minimum absolute atomic E-state index is 0.221. The quantitative estimate of drug-likeness (QED) is 0.632. The highest BCUT2D eigenvalue weighted by molar-refractivity contribution is 6.30. The van der Waals surface area contributed by atoms with Crippen molar-refractivity contribution in [2.45, 2.75) is 32.8 Å². The fourth-order valence-electron chi connectivity index (χ4n) is 2.93. The second-order valence-corrected chi connectivity index (χ2v) is 7.10. The fourth-order valence-corrected chi connectivity index (χ4v) is 3.05. The molecule has 6 heteroatoms. The molecule has 1 aliphatic heterocycles. The first-order valence-electron chi connectivity index (χ1n) is 8.46. The highest BCUT2D eigenvalue weighted by Gasteiger charge is 2.30. The minimum atomic E-state index is -0.593. The maximum Gasteiger partial charge on any atom is 0.427 e. The third-order valence-corrected chi connectivity index (χ3v) is 4.24. The monoisotopic (exact) mass is 372 g/mol. The van der Waals surface area contributed by atoms with E-state index in [-0.39, 0.29) is 12.2 Å². The van der Waals surface area contributed by atoms with E-state index in [0.717, 1.165) is 28.9 Å². The van der Waals surface area contributed by atoms with Crippen LogP contribution in [0, 0.1) is 0 Å². The van der Waals surface area contributed by atoms with E-state index in [1.54, 1.807) is 19.1 Å². The van der Waals surface area contributed by atoms with Crippen molar-refractivity contribution in [2.75, 3.05) is 6.61 Å². The Morgan fingerprint density at radius 2 is 1.92 bits per heavy atom. The number of ether oxygens (including phenoxy) is 2. The molecule has 2 aromatic rings. The molecule has 0 aliphatic carbocycles. The molecule has 136 valence electrons. The summed E-state index contributed by atoms with van der Waals surface area (Å²) in [7, 11) is 0. The summed E-state index contributed by atoms with van der Waals surface area (Å²) in [6.45, 7) is 6.14. The van der Waals surface area contributed by atoms with Crippen LogP contribution in [0.1, 0.15) is 37.5 Å². The molecule has 0 fully saturated rings. The zero-order valence-corrected chi connectivity index (χ0v) is 15.8. The Kier molecular flexibility index (Phi) is 5.18. The molecule has 5 nitrogen and oxygen atoms in total. The number of hydrogen-bond donors (Lipinski definition) is 1. The van der Waals surface area contributed by atoms with Crippen LogP contribution in [0.4, 0.5) is 4.79 Å². The number of benzene rings is 2. The molecule has 1 heterocycles. The lowest BCUT2D eigenvalue weighted by Crippen LogP contribution is -2.24. The standard InChI is InChI=1S/C20H21ClN2O3/c1-4-25-19(24)23-22-18(13-5-8-16(21)9-6-13)14-7-10-17-15(11-14)12-20(2,3)26-17/h5-11H,4,12H2,1-3H3,(H,23,24)/b22-18+. The van der Waals surface area contributed by atoms with Crippen LogP contribution in [-0.4, -0.2) is 24.0 Å². The van der Waals surface area contributed by atoms with Crippen molar-refractivity contribution >= 4 is 23.4 Å². The molecule has 2 aromatic carbocycles. The van der Waals surface area contributed by atoms with Crippen LogP contribution in [0.25, 0.3) is 0 Å². The summed E-state index contributed by atoms with van der Waals surface area (Å²) in [4.78, 5) is 11.7. The smallest absolute Gasteiger partial charge is 0.427 e. The molecule has 1 N–H and O–H groups in total. The highest BCUT2D eigenvalue weighted by Crippen LogP contribution is 2.35. The zero-order valence-electron chi connectivity index (χ0n) is 15.0. The van der Waals surface area contributed by atoms with Crippen molar-refractivity contribution in [2.24, 2.45) is 5.10 Å². The van der Waals surface area contributed by atoms with E-state index in [0.29, 0.717) is 10.7 Å². The van der Waals surface area contributed by atoms with Crippen LogP contribution in [0.2, 0.25) is 5.02 Å². The Morgan fingerprint density at radius 3 is 2.62 bits per heavy atom. The van der Waals surface area contributed by atoms with Gasteiger partial charge in [0.25, 0.3) is 0 Å². The van der Waals surface area contributed by atoms with Crippen LogP contribution < -0.4 is 10.2 Å². The van der Waals surface area contributed by atoms with Gasteiger partial charge in [0.15, 0.2) is 0 Å². The number of fused-ring (bicyclic) bond motifs is 1. The van der Waals surface area contributed by atoms with Gasteiger partial charge >= 0.3 is 6.09 Å². The molecule has 0 bridgehead atoms. The predicted molar refractivity (Wildman–Crippen MR) is 102 cm³/mol. The second-order valence-electron chi connectivity index (χ2n) is 6.66. The Labute approximate surface area is 158 Å². The molecule has 1 aliphatic rings. The molecule has 1 amide bonds. The minimum Gasteiger partial charge on any atom is -0.487 e. The number of halogens is 1. The maximum atomic E-state index is 11.7. The van der Waals surface area contributed by atoms with Crippen molar-refractivity contribution < 1.29 is 14.3 Å². The van der Waals surface area contributed by atoms with Gasteiger partial charge in [-0.15, -0.1) is 0 Å². The van der Waals surface area contributed by atoms with Gasteiger partial charge in [-0.3, -0.25) is 0 Å². The molecule has 0 spiro atoms. The molecule has 0 unspecified atom stereocenters. The lowest BCUT2D eigenvalue weighted by atomic mass is 9.96. The van der Waals surface area contributed by atoms with Gasteiger partial charge in [-0.2, -0.15) is 5.10 Å². The summed E-state index contributed by atoms with van der Waals surface area (Å²) in [5, 5.41) is 4.92. The van der Waals surface area contributed by atoms with E-state index in [1.165, 1.54) is 0 Å². The summed E-state index contributed by atoms with van der Waals surface area (Å²) in [6.07, 6.45) is 0.222. The first-order chi connectivity index (χ1) is 12.4. The SMILES string of the molecule is CCOC(=O)N/N=C(\c1ccc(Cl)cc1)c1ccc2c(c1)CC(C)(C)O2. The van der Waals surface area contributed by atoms with Crippen LogP contribution in [0.15, 0.2) is 47.6 Å². The number of rotatable bonds is 4. The van der Waals surface area contributed by atoms with Gasteiger partial charge in [0, 0.05) is 22.6 Å². The molecule has 0 saturated heterocycles. The Hall–Kier alpha value is -2.53. The predicted octanol–water partition coefficient (Wildman–Crippen LogP) is 4.55. The number of nitrogens with zero attached hydrogens (tertiary/aromatic N) is 1. The number of nitrogens with one attached hydrogen (secondary N) is 1. The van der Waals surface area contributed by atoms with Gasteiger partial charge in [-0.25, -0.2) is 10.2 Å². The van der Waals surface area contributed by atoms with Gasteiger partial charge in [-0.05, 0) is 56.7 Å². The normalized spacial score (nSPS) is 15.2. The van der Waals surface area contributed by atoms with Gasteiger partial charge in [-0.1, -0.05) is 23.7 Å². The topological polar surface area (TPSA) is 59.9 Å². The van der Waals surface area contributed by atoms with Gasteiger partial charge < -0.3 is 9.47 Å².